The molecule has 150 valence electrons. The summed E-state index contributed by atoms with van der Waals surface area (Å²) >= 11 is 3.42. The van der Waals surface area contributed by atoms with Crippen LogP contribution in [0.4, 0.5) is 0 Å². The minimum atomic E-state index is -3.73. The van der Waals surface area contributed by atoms with Crippen LogP contribution in [0.3, 0.4) is 0 Å². The molecule has 0 N–H and O–H groups in total. The summed E-state index contributed by atoms with van der Waals surface area (Å²) in [5.74, 6) is 0. The molecule has 0 aliphatic carbocycles. The lowest BCUT2D eigenvalue weighted by atomic mass is 10.2. The molecule has 0 amide bonds. The van der Waals surface area contributed by atoms with E-state index in [0.29, 0.717) is 19.6 Å². The first kappa shape index (κ1) is 21.5. The van der Waals surface area contributed by atoms with Crippen LogP contribution in [0.25, 0.3) is 0 Å². The van der Waals surface area contributed by atoms with Crippen LogP contribution in [0.1, 0.15) is 24.0 Å². The van der Waals surface area contributed by atoms with Crippen molar-refractivity contribution >= 4 is 33.6 Å². The van der Waals surface area contributed by atoms with E-state index in [4.69, 9.17) is 8.92 Å². The summed E-state index contributed by atoms with van der Waals surface area (Å²) in [4.78, 5) is 0.197. The third-order valence-corrected chi connectivity index (χ3v) is 8.69. The van der Waals surface area contributed by atoms with Crippen LogP contribution in [0, 0.1) is 6.92 Å². The molecule has 1 aliphatic heterocycles. The van der Waals surface area contributed by atoms with Crippen molar-refractivity contribution in [2.75, 3.05) is 13.2 Å². The zero-order chi connectivity index (χ0) is 19.9. The zero-order valence-electron chi connectivity index (χ0n) is 15.7. The molecule has 7 heteroatoms. The van der Waals surface area contributed by atoms with Gasteiger partial charge in [0.1, 0.15) is 0 Å². The molecule has 0 spiro atoms. The van der Waals surface area contributed by atoms with Gasteiger partial charge in [-0.1, -0.05) is 48.0 Å². The number of aryl methyl sites for hydroxylation is 1. The van der Waals surface area contributed by atoms with Crippen molar-refractivity contribution < 1.29 is 17.3 Å². The Bertz CT molecular complexity index is 870. The van der Waals surface area contributed by atoms with Crippen LogP contribution < -0.4 is 0 Å². The predicted octanol–water partition coefficient (Wildman–Crippen LogP) is 5.34. The molecule has 1 heterocycles. The van der Waals surface area contributed by atoms with Crippen molar-refractivity contribution in [3.8, 4) is 0 Å². The van der Waals surface area contributed by atoms with Crippen LogP contribution in [0.5, 0.6) is 0 Å². The van der Waals surface area contributed by atoms with E-state index in [-0.39, 0.29) is 15.6 Å². The smallest absolute Gasteiger partial charge is 0.296 e. The van der Waals surface area contributed by atoms with Crippen LogP contribution in [0.15, 0.2) is 70.3 Å². The molecule has 0 bridgehead atoms. The summed E-state index contributed by atoms with van der Waals surface area (Å²) < 4.78 is 35.7. The second-order valence-corrected chi connectivity index (χ2v) is 11.0. The van der Waals surface area contributed by atoms with Gasteiger partial charge in [-0.05, 0) is 48.3 Å². The van der Waals surface area contributed by atoms with Gasteiger partial charge in [-0.2, -0.15) is 8.42 Å². The summed E-state index contributed by atoms with van der Waals surface area (Å²) in [5.41, 5.74) is 2.16. The molecule has 4 nitrogen and oxygen atoms in total. The Morgan fingerprint density at radius 3 is 2.21 bits per heavy atom. The van der Waals surface area contributed by atoms with Gasteiger partial charge in [0.15, 0.2) is 0 Å². The summed E-state index contributed by atoms with van der Waals surface area (Å²) in [6.45, 7) is 3.26. The minimum absolute atomic E-state index is 0.139. The van der Waals surface area contributed by atoms with Gasteiger partial charge < -0.3 is 4.74 Å². The number of benzene rings is 2. The van der Waals surface area contributed by atoms with E-state index < -0.39 is 10.1 Å². The van der Waals surface area contributed by atoms with Gasteiger partial charge in [-0.25, -0.2) is 0 Å². The molecule has 0 unspecified atom stereocenters. The van der Waals surface area contributed by atoms with Gasteiger partial charge in [0.05, 0.1) is 22.2 Å². The van der Waals surface area contributed by atoms with Crippen molar-refractivity contribution in [1.82, 2.24) is 0 Å². The maximum atomic E-state index is 12.4. The molecule has 3 rings (SSSR count). The number of ether oxygens (including phenoxy) is 1. The molecular weight excluding hydrogens is 412 g/mol. The maximum Gasteiger partial charge on any atom is 0.296 e. The van der Waals surface area contributed by atoms with Crippen LogP contribution in [-0.2, 0) is 25.6 Å². The van der Waals surface area contributed by atoms with Gasteiger partial charge in [-0.15, -0.1) is 23.5 Å². The van der Waals surface area contributed by atoms with E-state index >= 15 is 0 Å². The molecule has 0 atom stereocenters. The lowest BCUT2D eigenvalue weighted by Gasteiger charge is -2.26. The molecule has 0 radical (unpaired) electrons. The molecule has 0 aromatic heterocycles. The summed E-state index contributed by atoms with van der Waals surface area (Å²) in [6, 6.07) is 16.8. The largest absolute Gasteiger partial charge is 0.377 e. The highest BCUT2D eigenvalue weighted by Crippen LogP contribution is 2.49. The van der Waals surface area contributed by atoms with E-state index in [9.17, 15) is 8.42 Å². The molecule has 2 aromatic carbocycles. The Morgan fingerprint density at radius 2 is 1.54 bits per heavy atom. The summed E-state index contributed by atoms with van der Waals surface area (Å²) in [5, 5.41) is 4.10. The number of hydrogen-bond donors (Lipinski definition) is 0. The zero-order valence-corrected chi connectivity index (χ0v) is 18.2. The van der Waals surface area contributed by atoms with Gasteiger partial charge in [0.25, 0.3) is 10.1 Å². The van der Waals surface area contributed by atoms with E-state index in [1.165, 1.54) is 0 Å². The standard InChI is InChI=1S/C21H24O4S3/c1-18-7-9-20(10-8-18)28(22,23)25-14-12-21(26-15-16-27-21)11-13-24-17-19-5-3-2-4-6-19/h2-10,15-16H,11-14,17H2,1H3. The Labute approximate surface area is 175 Å². The highest BCUT2D eigenvalue weighted by molar-refractivity contribution is 8.23. The Kier molecular flexibility index (Phi) is 7.65. The average Bonchev–Trinajstić information content (AvgIpc) is 3.15. The minimum Gasteiger partial charge on any atom is -0.377 e. The van der Waals surface area contributed by atoms with Crippen molar-refractivity contribution in [3.05, 3.63) is 76.5 Å². The lowest BCUT2D eigenvalue weighted by Crippen LogP contribution is -2.23. The Morgan fingerprint density at radius 1 is 0.893 bits per heavy atom. The maximum absolute atomic E-state index is 12.4. The third-order valence-electron chi connectivity index (χ3n) is 4.39. The van der Waals surface area contributed by atoms with E-state index in [1.54, 1.807) is 47.8 Å². The summed E-state index contributed by atoms with van der Waals surface area (Å²) in [6.07, 6.45) is 1.44. The van der Waals surface area contributed by atoms with Crippen molar-refractivity contribution in [2.24, 2.45) is 0 Å². The molecule has 0 saturated carbocycles. The second kappa shape index (κ2) is 9.98. The fourth-order valence-electron chi connectivity index (χ4n) is 2.76. The van der Waals surface area contributed by atoms with Crippen molar-refractivity contribution in [2.45, 2.75) is 35.3 Å². The molecule has 1 aliphatic rings. The van der Waals surface area contributed by atoms with E-state index in [0.717, 1.165) is 17.5 Å². The van der Waals surface area contributed by atoms with Gasteiger partial charge in [0.2, 0.25) is 0 Å². The quantitative estimate of drug-likeness (QED) is 0.370. The van der Waals surface area contributed by atoms with Gasteiger partial charge in [-0.3, -0.25) is 4.18 Å². The highest BCUT2D eigenvalue weighted by atomic mass is 32.2. The molecule has 2 aromatic rings. The van der Waals surface area contributed by atoms with Crippen molar-refractivity contribution in [1.29, 1.82) is 0 Å². The highest BCUT2D eigenvalue weighted by Gasteiger charge is 2.33. The third kappa shape index (κ3) is 6.12. The first-order chi connectivity index (χ1) is 13.5. The topological polar surface area (TPSA) is 52.6 Å². The van der Waals surface area contributed by atoms with E-state index in [2.05, 4.69) is 10.8 Å². The Balaban J connectivity index is 1.48. The van der Waals surface area contributed by atoms with Gasteiger partial charge >= 0.3 is 0 Å². The first-order valence-electron chi connectivity index (χ1n) is 9.08. The molecule has 0 saturated heterocycles. The van der Waals surface area contributed by atoms with Gasteiger partial charge in [0, 0.05) is 6.61 Å². The monoisotopic (exact) mass is 436 g/mol. The summed E-state index contributed by atoms with van der Waals surface area (Å²) in [7, 11) is -3.73. The Hall–Kier alpha value is -1.25. The predicted molar refractivity (Wildman–Crippen MR) is 117 cm³/mol. The average molecular weight is 437 g/mol. The lowest BCUT2D eigenvalue weighted by molar-refractivity contribution is 0.115. The fourth-order valence-corrected chi connectivity index (χ4v) is 5.97. The first-order valence-corrected chi connectivity index (χ1v) is 12.2. The SMILES string of the molecule is Cc1ccc(S(=O)(=O)OCCC2(CCOCc3ccccc3)SC=CS2)cc1. The molecule has 0 fully saturated rings. The number of thioether (sulfide) groups is 2. The van der Waals surface area contributed by atoms with Crippen LogP contribution in [-0.4, -0.2) is 25.7 Å². The van der Waals surface area contributed by atoms with Crippen LogP contribution >= 0.6 is 23.5 Å². The van der Waals surface area contributed by atoms with E-state index in [1.807, 2.05) is 37.3 Å². The molecule has 28 heavy (non-hydrogen) atoms. The number of rotatable bonds is 10. The fraction of sp³-hybridized carbons (Fsp3) is 0.333. The van der Waals surface area contributed by atoms with Crippen molar-refractivity contribution in [3.63, 3.8) is 0 Å². The normalized spacial score (nSPS) is 15.8. The molecular formula is C21H24O4S3. The second-order valence-electron chi connectivity index (χ2n) is 6.55. The number of hydrogen-bond acceptors (Lipinski definition) is 6. The van der Waals surface area contributed by atoms with Crippen LogP contribution in [0.2, 0.25) is 0 Å².